The van der Waals surface area contributed by atoms with Crippen LogP contribution >= 0.6 is 0 Å². The molecule has 1 N–H and O–H groups in total. The third kappa shape index (κ3) is 3.90. The molecule has 1 saturated heterocycles. The molecule has 1 heterocycles. The van der Waals surface area contributed by atoms with Gasteiger partial charge in [0.1, 0.15) is 5.75 Å². The van der Waals surface area contributed by atoms with Crippen LogP contribution in [0.3, 0.4) is 0 Å². The summed E-state index contributed by atoms with van der Waals surface area (Å²) in [6.07, 6.45) is -4.43. The molecule has 0 saturated carbocycles. The summed E-state index contributed by atoms with van der Waals surface area (Å²) in [4.78, 5) is 0. The Morgan fingerprint density at radius 3 is 2.29 bits per heavy atom. The molecule has 0 amide bonds. The van der Waals surface area contributed by atoms with Crippen molar-refractivity contribution in [2.24, 2.45) is 0 Å². The summed E-state index contributed by atoms with van der Waals surface area (Å²) < 4.78 is 44.9. The number of hydrogen-bond acceptors (Lipinski definition) is 3. The largest absolute Gasteiger partial charge is 0.573 e. The van der Waals surface area contributed by atoms with Crippen molar-refractivity contribution < 1.29 is 22.6 Å². The van der Waals surface area contributed by atoms with Crippen molar-refractivity contribution in [2.75, 3.05) is 13.1 Å². The highest BCUT2D eigenvalue weighted by Crippen LogP contribution is 2.23. The topological polar surface area (TPSA) is 30.5 Å². The van der Waals surface area contributed by atoms with Crippen LogP contribution in [0.15, 0.2) is 24.3 Å². The Kier molecular flexibility index (Phi) is 3.54. The van der Waals surface area contributed by atoms with Crippen molar-refractivity contribution in [1.82, 2.24) is 5.32 Å². The first-order valence-electron chi connectivity index (χ1n) is 5.20. The van der Waals surface area contributed by atoms with Gasteiger partial charge < -0.3 is 14.8 Å². The molecule has 1 aliphatic rings. The number of rotatable bonds is 4. The Hall–Kier alpha value is -1.27. The predicted octanol–water partition coefficient (Wildman–Crippen LogP) is 2.07. The van der Waals surface area contributed by atoms with Gasteiger partial charge in [0, 0.05) is 13.1 Å². The number of hydrogen-bond donors (Lipinski definition) is 1. The predicted molar refractivity (Wildman–Crippen MR) is 54.6 cm³/mol. The minimum atomic E-state index is -4.64. The standard InChI is InChI=1S/C11H12F3NO2/c12-11(13,14)17-9-3-1-8(2-4-9)7-16-10-5-15-6-10/h1-4,10,15H,5-7H2. The Labute approximate surface area is 96.5 Å². The monoisotopic (exact) mass is 247 g/mol. The van der Waals surface area contributed by atoms with Crippen LogP contribution in [-0.4, -0.2) is 25.6 Å². The lowest BCUT2D eigenvalue weighted by molar-refractivity contribution is -0.274. The van der Waals surface area contributed by atoms with E-state index < -0.39 is 6.36 Å². The maximum absolute atomic E-state index is 11.9. The molecule has 94 valence electrons. The molecule has 1 aliphatic heterocycles. The summed E-state index contributed by atoms with van der Waals surface area (Å²) in [6.45, 7) is 2.06. The van der Waals surface area contributed by atoms with Gasteiger partial charge in [0.25, 0.3) is 0 Å². The third-order valence-corrected chi connectivity index (χ3v) is 2.39. The van der Waals surface area contributed by atoms with E-state index in [0.717, 1.165) is 18.7 Å². The maximum Gasteiger partial charge on any atom is 0.573 e. The zero-order valence-corrected chi connectivity index (χ0v) is 8.96. The second-order valence-electron chi connectivity index (χ2n) is 3.78. The Bertz CT molecular complexity index is 360. The summed E-state index contributed by atoms with van der Waals surface area (Å²) >= 11 is 0. The van der Waals surface area contributed by atoms with Gasteiger partial charge in [-0.05, 0) is 17.7 Å². The molecule has 0 aromatic heterocycles. The van der Waals surface area contributed by atoms with Gasteiger partial charge in [-0.15, -0.1) is 13.2 Å². The molecule has 0 unspecified atom stereocenters. The van der Waals surface area contributed by atoms with Crippen molar-refractivity contribution in [3.8, 4) is 5.75 Å². The second kappa shape index (κ2) is 4.93. The van der Waals surface area contributed by atoms with Crippen molar-refractivity contribution >= 4 is 0 Å². The summed E-state index contributed by atoms with van der Waals surface area (Å²) in [7, 11) is 0. The van der Waals surface area contributed by atoms with E-state index in [-0.39, 0.29) is 11.9 Å². The average Bonchev–Trinajstić information content (AvgIpc) is 2.16. The van der Waals surface area contributed by atoms with Crippen LogP contribution in [0.1, 0.15) is 5.56 Å². The zero-order chi connectivity index (χ0) is 12.3. The fourth-order valence-electron chi connectivity index (χ4n) is 1.38. The van der Waals surface area contributed by atoms with Gasteiger partial charge in [-0.1, -0.05) is 12.1 Å². The van der Waals surface area contributed by atoms with Crippen molar-refractivity contribution in [1.29, 1.82) is 0 Å². The van der Waals surface area contributed by atoms with Crippen LogP contribution in [-0.2, 0) is 11.3 Å². The lowest BCUT2D eigenvalue weighted by Gasteiger charge is -2.27. The molecule has 6 heteroatoms. The van der Waals surface area contributed by atoms with E-state index >= 15 is 0 Å². The van der Waals surface area contributed by atoms with E-state index in [1.54, 1.807) is 12.1 Å². The Morgan fingerprint density at radius 2 is 1.82 bits per heavy atom. The molecule has 3 nitrogen and oxygen atoms in total. The van der Waals surface area contributed by atoms with Gasteiger partial charge in [-0.2, -0.15) is 0 Å². The van der Waals surface area contributed by atoms with Gasteiger partial charge >= 0.3 is 6.36 Å². The molecule has 2 rings (SSSR count). The highest BCUT2D eigenvalue weighted by atomic mass is 19.4. The van der Waals surface area contributed by atoms with E-state index in [4.69, 9.17) is 4.74 Å². The van der Waals surface area contributed by atoms with E-state index in [1.165, 1.54) is 12.1 Å². The van der Waals surface area contributed by atoms with Gasteiger partial charge in [0.05, 0.1) is 12.7 Å². The molecule has 17 heavy (non-hydrogen) atoms. The molecular weight excluding hydrogens is 235 g/mol. The SMILES string of the molecule is FC(F)(F)Oc1ccc(COC2CNC2)cc1. The van der Waals surface area contributed by atoms with E-state index in [1.807, 2.05) is 0 Å². The summed E-state index contributed by atoms with van der Waals surface area (Å²) in [5.41, 5.74) is 0.825. The molecule has 0 aliphatic carbocycles. The molecule has 0 radical (unpaired) electrons. The first kappa shape index (κ1) is 12.2. The number of ether oxygens (including phenoxy) is 2. The number of halogens is 3. The van der Waals surface area contributed by atoms with Crippen LogP contribution in [0.25, 0.3) is 0 Å². The van der Waals surface area contributed by atoms with Gasteiger partial charge in [0.15, 0.2) is 0 Å². The highest BCUT2D eigenvalue weighted by Gasteiger charge is 2.30. The van der Waals surface area contributed by atoms with E-state index in [9.17, 15) is 13.2 Å². The normalized spacial score (nSPS) is 16.6. The molecule has 1 aromatic carbocycles. The number of alkyl halides is 3. The Morgan fingerprint density at radius 1 is 1.18 bits per heavy atom. The van der Waals surface area contributed by atoms with E-state index in [2.05, 4.69) is 10.1 Å². The van der Waals surface area contributed by atoms with Gasteiger partial charge in [-0.3, -0.25) is 0 Å². The first-order valence-corrected chi connectivity index (χ1v) is 5.20. The van der Waals surface area contributed by atoms with Crippen LogP contribution in [0.5, 0.6) is 5.75 Å². The smallest absolute Gasteiger partial charge is 0.406 e. The molecule has 0 spiro atoms. The first-order chi connectivity index (χ1) is 8.03. The maximum atomic E-state index is 11.9. The molecule has 1 aromatic rings. The lowest BCUT2D eigenvalue weighted by atomic mass is 10.2. The highest BCUT2D eigenvalue weighted by molar-refractivity contribution is 5.27. The minimum Gasteiger partial charge on any atom is -0.406 e. The van der Waals surface area contributed by atoms with Crippen LogP contribution in [0.2, 0.25) is 0 Å². The summed E-state index contributed by atoms with van der Waals surface area (Å²) in [6, 6.07) is 5.69. The van der Waals surface area contributed by atoms with Crippen molar-refractivity contribution in [3.05, 3.63) is 29.8 Å². The number of nitrogens with one attached hydrogen (secondary N) is 1. The quantitative estimate of drug-likeness (QED) is 0.883. The van der Waals surface area contributed by atoms with Crippen molar-refractivity contribution in [2.45, 2.75) is 19.1 Å². The minimum absolute atomic E-state index is 0.209. The number of benzene rings is 1. The van der Waals surface area contributed by atoms with Crippen LogP contribution in [0, 0.1) is 0 Å². The molecule has 0 bridgehead atoms. The van der Waals surface area contributed by atoms with Crippen molar-refractivity contribution in [3.63, 3.8) is 0 Å². The molecule has 0 atom stereocenters. The summed E-state index contributed by atoms with van der Waals surface area (Å²) in [5, 5.41) is 3.06. The van der Waals surface area contributed by atoms with Gasteiger partial charge in [-0.25, -0.2) is 0 Å². The second-order valence-corrected chi connectivity index (χ2v) is 3.78. The van der Waals surface area contributed by atoms with Gasteiger partial charge in [0.2, 0.25) is 0 Å². The van der Waals surface area contributed by atoms with Crippen LogP contribution in [0.4, 0.5) is 13.2 Å². The third-order valence-electron chi connectivity index (χ3n) is 2.39. The fourth-order valence-corrected chi connectivity index (χ4v) is 1.38. The molecule has 1 fully saturated rings. The van der Waals surface area contributed by atoms with Crippen LogP contribution < -0.4 is 10.1 Å². The summed E-state index contributed by atoms with van der Waals surface area (Å²) in [5.74, 6) is -0.216. The fraction of sp³-hybridized carbons (Fsp3) is 0.455. The Balaban J connectivity index is 1.84. The van der Waals surface area contributed by atoms with E-state index in [0.29, 0.717) is 6.61 Å². The average molecular weight is 247 g/mol. The molecular formula is C11H12F3NO2. The zero-order valence-electron chi connectivity index (χ0n) is 8.96. The lowest BCUT2D eigenvalue weighted by Crippen LogP contribution is -2.48.